The summed E-state index contributed by atoms with van der Waals surface area (Å²) in [6, 6.07) is 14.2. The molecule has 18 heavy (non-hydrogen) atoms. The van der Waals surface area contributed by atoms with Crippen LogP contribution >= 0.6 is 23.2 Å². The van der Waals surface area contributed by atoms with E-state index in [2.05, 4.69) is 10.5 Å². The van der Waals surface area contributed by atoms with E-state index in [4.69, 9.17) is 28.4 Å². The highest BCUT2D eigenvalue weighted by atomic mass is 35.5. The van der Waals surface area contributed by atoms with Crippen LogP contribution in [0.4, 0.5) is 5.69 Å². The van der Waals surface area contributed by atoms with Crippen molar-refractivity contribution in [3.05, 3.63) is 64.1 Å². The Balaban J connectivity index is 2.41. The molecule has 0 amide bonds. The lowest BCUT2D eigenvalue weighted by Crippen LogP contribution is -2.19. The summed E-state index contributed by atoms with van der Waals surface area (Å²) in [5.74, 6) is 0.328. The molecule has 2 aromatic rings. The van der Waals surface area contributed by atoms with Gasteiger partial charge < -0.3 is 0 Å². The first-order chi connectivity index (χ1) is 8.69. The van der Waals surface area contributed by atoms with Gasteiger partial charge in [-0.05, 0) is 18.2 Å². The average Bonchev–Trinajstić information content (AvgIpc) is 2.36. The van der Waals surface area contributed by atoms with E-state index in [0.717, 1.165) is 5.56 Å². The highest BCUT2D eigenvalue weighted by Gasteiger charge is 2.03. The number of halogens is 2. The molecule has 3 nitrogen and oxygen atoms in total. The number of amidine groups is 1. The van der Waals surface area contributed by atoms with E-state index < -0.39 is 0 Å². The molecule has 0 aromatic heterocycles. The van der Waals surface area contributed by atoms with Gasteiger partial charge in [0.2, 0.25) is 0 Å². The van der Waals surface area contributed by atoms with Crippen molar-refractivity contribution in [2.24, 2.45) is 4.99 Å². The van der Waals surface area contributed by atoms with Crippen LogP contribution in [0.5, 0.6) is 0 Å². The minimum absolute atomic E-state index is 0.328. The van der Waals surface area contributed by atoms with E-state index in [9.17, 15) is 0 Å². The van der Waals surface area contributed by atoms with Crippen molar-refractivity contribution in [1.29, 1.82) is 0 Å². The van der Waals surface area contributed by atoms with Crippen LogP contribution in [0.25, 0.3) is 0 Å². The third kappa shape index (κ3) is 3.23. The first kappa shape index (κ1) is 12.9. The number of nitrogens with one attached hydrogen (secondary N) is 1. The highest BCUT2D eigenvalue weighted by Crippen LogP contribution is 2.25. The fraction of sp³-hybridized carbons (Fsp3) is 0. The summed E-state index contributed by atoms with van der Waals surface area (Å²) in [6.45, 7) is 0. The van der Waals surface area contributed by atoms with Crippen molar-refractivity contribution in [3.8, 4) is 0 Å². The molecule has 5 heteroatoms. The van der Waals surface area contributed by atoms with Crippen LogP contribution in [0, 0.1) is 0 Å². The fourth-order valence-electron chi connectivity index (χ4n) is 1.48. The predicted molar refractivity (Wildman–Crippen MR) is 74.0 cm³/mol. The number of hydrogen-bond donors (Lipinski definition) is 2. The van der Waals surface area contributed by atoms with Crippen LogP contribution in [0.2, 0.25) is 10.0 Å². The molecule has 0 bridgehead atoms. The highest BCUT2D eigenvalue weighted by molar-refractivity contribution is 6.35. The Morgan fingerprint density at radius 1 is 1.00 bits per heavy atom. The smallest absolute Gasteiger partial charge is 0.157 e. The zero-order valence-electron chi connectivity index (χ0n) is 9.27. The molecule has 0 saturated heterocycles. The average molecular weight is 281 g/mol. The normalized spacial score (nSPS) is 11.4. The molecular formula is C13H10Cl2N2O. The maximum Gasteiger partial charge on any atom is 0.157 e. The lowest BCUT2D eigenvalue weighted by atomic mass is 10.2. The molecule has 2 aromatic carbocycles. The quantitative estimate of drug-likeness (QED) is 0.495. The van der Waals surface area contributed by atoms with Crippen molar-refractivity contribution in [2.75, 3.05) is 0 Å². The summed E-state index contributed by atoms with van der Waals surface area (Å²) in [5.41, 5.74) is 3.39. The van der Waals surface area contributed by atoms with Crippen LogP contribution in [0.3, 0.4) is 0 Å². The SMILES string of the molecule is ONC(=Nc1cc(Cl)cc(Cl)c1)c1ccccc1. The molecule has 0 aliphatic carbocycles. The van der Waals surface area contributed by atoms with Gasteiger partial charge in [0.15, 0.2) is 5.84 Å². The van der Waals surface area contributed by atoms with Gasteiger partial charge in [0.1, 0.15) is 0 Å². The van der Waals surface area contributed by atoms with E-state index in [1.54, 1.807) is 18.2 Å². The Morgan fingerprint density at radius 3 is 2.17 bits per heavy atom. The Kier molecular flexibility index (Phi) is 4.20. The van der Waals surface area contributed by atoms with Crippen molar-refractivity contribution < 1.29 is 5.21 Å². The zero-order chi connectivity index (χ0) is 13.0. The molecule has 0 aliphatic heterocycles. The van der Waals surface area contributed by atoms with Gasteiger partial charge in [0, 0.05) is 15.6 Å². The van der Waals surface area contributed by atoms with Crippen molar-refractivity contribution >= 4 is 34.7 Å². The van der Waals surface area contributed by atoms with E-state index >= 15 is 0 Å². The lowest BCUT2D eigenvalue weighted by Gasteiger charge is -2.05. The fourth-order valence-corrected chi connectivity index (χ4v) is 2.00. The van der Waals surface area contributed by atoms with Gasteiger partial charge in [-0.2, -0.15) is 0 Å². The molecule has 92 valence electrons. The largest absolute Gasteiger partial charge is 0.290 e. The van der Waals surface area contributed by atoms with Gasteiger partial charge in [-0.25, -0.2) is 4.99 Å². The van der Waals surface area contributed by atoms with E-state index in [0.29, 0.717) is 21.6 Å². The molecule has 0 atom stereocenters. The molecule has 0 aliphatic rings. The van der Waals surface area contributed by atoms with Crippen molar-refractivity contribution in [3.63, 3.8) is 0 Å². The minimum atomic E-state index is 0.328. The second-order valence-electron chi connectivity index (χ2n) is 3.57. The maximum absolute atomic E-state index is 9.13. The van der Waals surface area contributed by atoms with Gasteiger partial charge in [0.25, 0.3) is 0 Å². The van der Waals surface area contributed by atoms with Crippen LogP contribution < -0.4 is 5.48 Å². The van der Waals surface area contributed by atoms with Crippen LogP contribution in [-0.4, -0.2) is 11.0 Å². The number of hydroxylamine groups is 1. The summed E-state index contributed by atoms with van der Waals surface area (Å²) in [6.07, 6.45) is 0. The molecule has 0 radical (unpaired) electrons. The molecule has 0 spiro atoms. The number of aliphatic imine (C=N–C) groups is 1. The molecule has 0 heterocycles. The van der Waals surface area contributed by atoms with Crippen LogP contribution in [0.1, 0.15) is 5.56 Å². The van der Waals surface area contributed by atoms with E-state index in [-0.39, 0.29) is 0 Å². The lowest BCUT2D eigenvalue weighted by molar-refractivity contribution is 0.235. The molecule has 2 rings (SSSR count). The van der Waals surface area contributed by atoms with E-state index in [1.165, 1.54) is 0 Å². The van der Waals surface area contributed by atoms with Gasteiger partial charge in [0.05, 0.1) is 5.69 Å². The second-order valence-corrected chi connectivity index (χ2v) is 4.44. The predicted octanol–water partition coefficient (Wildman–Crippen LogP) is 4.05. The van der Waals surface area contributed by atoms with Gasteiger partial charge in [-0.15, -0.1) is 0 Å². The Labute approximate surface area is 115 Å². The first-order valence-corrected chi connectivity index (χ1v) is 5.95. The van der Waals surface area contributed by atoms with Crippen LogP contribution in [0.15, 0.2) is 53.5 Å². The maximum atomic E-state index is 9.13. The number of nitrogens with zero attached hydrogens (tertiary/aromatic N) is 1. The Morgan fingerprint density at radius 2 is 1.61 bits per heavy atom. The summed E-state index contributed by atoms with van der Waals surface area (Å²) >= 11 is 11.8. The van der Waals surface area contributed by atoms with Crippen LogP contribution in [-0.2, 0) is 0 Å². The standard InChI is InChI=1S/C13H10Cl2N2O/c14-10-6-11(15)8-12(7-10)16-13(17-18)9-4-2-1-3-5-9/h1-8,18H,(H,16,17). The number of rotatable bonds is 2. The summed E-state index contributed by atoms with van der Waals surface area (Å²) in [4.78, 5) is 4.26. The monoisotopic (exact) mass is 280 g/mol. The zero-order valence-corrected chi connectivity index (χ0v) is 10.8. The van der Waals surface area contributed by atoms with Crippen molar-refractivity contribution in [2.45, 2.75) is 0 Å². The summed E-state index contributed by atoms with van der Waals surface area (Å²) < 4.78 is 0. The summed E-state index contributed by atoms with van der Waals surface area (Å²) in [5, 5.41) is 10.1. The third-order valence-electron chi connectivity index (χ3n) is 2.24. The van der Waals surface area contributed by atoms with Gasteiger partial charge in [-0.1, -0.05) is 53.5 Å². The van der Waals surface area contributed by atoms with Gasteiger partial charge >= 0.3 is 0 Å². The second kappa shape index (κ2) is 5.87. The van der Waals surface area contributed by atoms with E-state index in [1.807, 2.05) is 30.3 Å². The molecule has 0 saturated carbocycles. The topological polar surface area (TPSA) is 44.6 Å². The minimum Gasteiger partial charge on any atom is -0.290 e. The molecule has 0 unspecified atom stereocenters. The summed E-state index contributed by atoms with van der Waals surface area (Å²) in [7, 11) is 0. The van der Waals surface area contributed by atoms with Gasteiger partial charge in [-0.3, -0.25) is 10.7 Å². The number of hydrogen-bond acceptors (Lipinski definition) is 2. The molecule has 2 N–H and O–H groups in total. The Bertz CT molecular complexity index is 550. The third-order valence-corrected chi connectivity index (χ3v) is 2.68. The number of benzene rings is 2. The molecule has 0 fully saturated rings. The first-order valence-electron chi connectivity index (χ1n) is 5.19. The van der Waals surface area contributed by atoms with Crippen molar-refractivity contribution in [1.82, 2.24) is 5.48 Å². The Hall–Kier alpha value is -1.55. The molecular weight excluding hydrogens is 271 g/mol.